The number of benzene rings is 2. The Morgan fingerprint density at radius 2 is 1.82 bits per heavy atom. The summed E-state index contributed by atoms with van der Waals surface area (Å²) < 4.78 is 33.3. The van der Waals surface area contributed by atoms with Crippen molar-refractivity contribution in [2.24, 2.45) is 0 Å². The lowest BCUT2D eigenvalue weighted by Gasteiger charge is -2.41. The first-order valence-electron chi connectivity index (χ1n) is 12.2. The van der Waals surface area contributed by atoms with Gasteiger partial charge in [-0.1, -0.05) is 53.5 Å². The van der Waals surface area contributed by atoms with E-state index in [1.54, 1.807) is 62.5 Å². The fourth-order valence-electron chi connectivity index (χ4n) is 4.83. The van der Waals surface area contributed by atoms with Gasteiger partial charge in [0, 0.05) is 45.0 Å². The van der Waals surface area contributed by atoms with Crippen molar-refractivity contribution in [2.75, 3.05) is 39.8 Å². The first kappa shape index (κ1) is 28.4. The predicted molar refractivity (Wildman–Crippen MR) is 145 cm³/mol. The molecule has 2 heterocycles. The van der Waals surface area contributed by atoms with E-state index in [1.165, 1.54) is 9.21 Å². The van der Waals surface area contributed by atoms with Crippen molar-refractivity contribution in [1.82, 2.24) is 19.4 Å². The van der Waals surface area contributed by atoms with E-state index in [9.17, 15) is 18.0 Å². The van der Waals surface area contributed by atoms with Crippen molar-refractivity contribution in [3.63, 3.8) is 0 Å². The zero-order valence-electron chi connectivity index (χ0n) is 21.4. The number of rotatable bonds is 7. The molecule has 1 saturated heterocycles. The number of piperazine rings is 1. The maximum absolute atomic E-state index is 13.2. The van der Waals surface area contributed by atoms with Crippen molar-refractivity contribution >= 4 is 45.2 Å². The molecular formula is C26H30Cl2N4O5S. The highest BCUT2D eigenvalue weighted by molar-refractivity contribution is 7.89. The molecule has 0 saturated carbocycles. The average molecular weight is 582 g/mol. The van der Waals surface area contributed by atoms with Crippen LogP contribution in [0.1, 0.15) is 25.5 Å². The molecule has 0 aromatic heterocycles. The number of sulfonamides is 1. The third kappa shape index (κ3) is 5.55. The number of nitrogens with zero attached hydrogens (tertiary/aromatic N) is 3. The lowest BCUT2D eigenvalue weighted by atomic mass is 9.94. The number of amides is 2. The van der Waals surface area contributed by atoms with Crippen LogP contribution < -0.4 is 5.32 Å². The Hall–Kier alpha value is -2.63. The summed E-state index contributed by atoms with van der Waals surface area (Å²) in [5, 5.41) is 3.37. The Kier molecular flexibility index (Phi) is 8.68. The van der Waals surface area contributed by atoms with E-state index in [-0.39, 0.29) is 41.2 Å². The number of halogens is 2. The molecule has 2 aliphatic heterocycles. The molecule has 2 unspecified atom stereocenters. The molecule has 1 N–H and O–H groups in total. The maximum Gasteiger partial charge on any atom is 0.338 e. The zero-order chi connectivity index (χ0) is 27.6. The predicted octanol–water partition coefficient (Wildman–Crippen LogP) is 3.90. The van der Waals surface area contributed by atoms with Gasteiger partial charge < -0.3 is 10.1 Å². The number of urea groups is 1. The van der Waals surface area contributed by atoms with E-state index in [4.69, 9.17) is 27.9 Å². The number of hydrogen-bond donors (Lipinski definition) is 1. The Bertz CT molecular complexity index is 1350. The Labute approximate surface area is 233 Å². The fourth-order valence-corrected chi connectivity index (χ4v) is 6.88. The average Bonchev–Trinajstić information content (AvgIpc) is 2.89. The largest absolute Gasteiger partial charge is 0.463 e. The van der Waals surface area contributed by atoms with Crippen molar-refractivity contribution < 1.29 is 22.7 Å². The molecule has 0 bridgehead atoms. The molecule has 2 atom stereocenters. The van der Waals surface area contributed by atoms with Crippen LogP contribution >= 0.6 is 23.2 Å². The topological polar surface area (TPSA) is 99.3 Å². The summed E-state index contributed by atoms with van der Waals surface area (Å²) in [4.78, 5) is 29.9. The lowest BCUT2D eigenvalue weighted by molar-refractivity contribution is -0.139. The normalized spacial score (nSPS) is 21.4. The summed E-state index contributed by atoms with van der Waals surface area (Å²) in [6.07, 6.45) is 0. The van der Waals surface area contributed by atoms with Gasteiger partial charge in [-0.15, -0.1) is 0 Å². The number of esters is 1. The maximum atomic E-state index is 13.2. The second-order valence-corrected chi connectivity index (χ2v) is 11.9. The van der Waals surface area contributed by atoms with Crippen LogP contribution in [-0.2, 0) is 19.6 Å². The van der Waals surface area contributed by atoms with Gasteiger partial charge in [-0.25, -0.2) is 18.0 Å². The molecule has 204 valence electrons. The van der Waals surface area contributed by atoms with E-state index in [0.29, 0.717) is 29.4 Å². The summed E-state index contributed by atoms with van der Waals surface area (Å²) in [5.41, 5.74) is 1.19. The van der Waals surface area contributed by atoms with Gasteiger partial charge in [0.25, 0.3) is 0 Å². The molecule has 0 spiro atoms. The van der Waals surface area contributed by atoms with Crippen molar-refractivity contribution in [1.29, 1.82) is 0 Å². The quantitative estimate of drug-likeness (QED) is 0.498. The summed E-state index contributed by atoms with van der Waals surface area (Å²) in [6, 6.07) is 11.8. The van der Waals surface area contributed by atoms with Crippen molar-refractivity contribution in [3.8, 4) is 0 Å². The van der Waals surface area contributed by atoms with Crippen molar-refractivity contribution in [2.45, 2.75) is 30.8 Å². The molecule has 2 aromatic carbocycles. The summed E-state index contributed by atoms with van der Waals surface area (Å²) in [6.45, 7) is 5.02. The smallest absolute Gasteiger partial charge is 0.338 e. The second-order valence-electron chi connectivity index (χ2n) is 9.18. The van der Waals surface area contributed by atoms with Gasteiger partial charge in [-0.2, -0.15) is 4.31 Å². The number of hydrogen-bond acceptors (Lipinski definition) is 6. The van der Waals surface area contributed by atoms with Crippen molar-refractivity contribution in [3.05, 3.63) is 75.4 Å². The van der Waals surface area contributed by atoms with Crippen LogP contribution in [0, 0.1) is 0 Å². The molecule has 0 aliphatic carbocycles. The third-order valence-electron chi connectivity index (χ3n) is 6.74. The van der Waals surface area contributed by atoms with E-state index >= 15 is 0 Å². The van der Waals surface area contributed by atoms with Gasteiger partial charge in [0.2, 0.25) is 10.0 Å². The molecule has 4 rings (SSSR count). The minimum Gasteiger partial charge on any atom is -0.463 e. The number of carbonyl (C=O) groups is 2. The molecule has 12 heteroatoms. The molecular weight excluding hydrogens is 551 g/mol. The van der Waals surface area contributed by atoms with Crippen LogP contribution in [-0.4, -0.2) is 80.4 Å². The number of carbonyl (C=O) groups excluding carboxylic acids is 2. The Balaban J connectivity index is 1.66. The van der Waals surface area contributed by atoms with E-state index in [1.807, 2.05) is 11.8 Å². The van der Waals surface area contributed by atoms with Gasteiger partial charge in [-0.05, 0) is 37.6 Å². The third-order valence-corrected chi connectivity index (χ3v) is 9.60. The van der Waals surface area contributed by atoms with Crippen LogP contribution in [0.4, 0.5) is 4.79 Å². The van der Waals surface area contributed by atoms with Crippen LogP contribution in [0.5, 0.6) is 0 Å². The molecule has 2 amide bonds. The fraction of sp³-hybridized carbons (Fsp3) is 0.385. The highest BCUT2D eigenvalue weighted by atomic mass is 35.5. The van der Waals surface area contributed by atoms with E-state index in [0.717, 1.165) is 0 Å². The summed E-state index contributed by atoms with van der Waals surface area (Å²) in [5.74, 6) is -0.575. The van der Waals surface area contributed by atoms with Crippen LogP contribution in [0.15, 0.2) is 64.7 Å². The van der Waals surface area contributed by atoms with Gasteiger partial charge in [0.05, 0.1) is 33.2 Å². The molecule has 0 radical (unpaired) electrons. The standard InChI is InChI=1S/C26H30Cl2N4O5S/c1-4-37-25(33)22-21(30(3)26(34)29-24(22)19-11-8-12-20(27)23(19)28)16-31-13-14-32(17(2)15-31)38(35,36)18-9-6-5-7-10-18/h5-12,17,24H,4,13-16H2,1-3H3,(H,29,34). The molecule has 2 aromatic rings. The van der Waals surface area contributed by atoms with Gasteiger partial charge in [0.15, 0.2) is 0 Å². The van der Waals surface area contributed by atoms with Gasteiger partial charge >= 0.3 is 12.0 Å². The molecule has 1 fully saturated rings. The Morgan fingerprint density at radius 1 is 1.11 bits per heavy atom. The zero-order valence-corrected chi connectivity index (χ0v) is 23.7. The molecule has 2 aliphatic rings. The summed E-state index contributed by atoms with van der Waals surface area (Å²) in [7, 11) is -2.07. The van der Waals surface area contributed by atoms with Gasteiger partial charge in [0.1, 0.15) is 0 Å². The monoisotopic (exact) mass is 580 g/mol. The van der Waals surface area contributed by atoms with E-state index < -0.39 is 28.1 Å². The minimum absolute atomic E-state index is 0.149. The van der Waals surface area contributed by atoms with E-state index in [2.05, 4.69) is 5.32 Å². The highest BCUT2D eigenvalue weighted by Gasteiger charge is 2.40. The first-order chi connectivity index (χ1) is 18.1. The number of likely N-dealkylation sites (N-methyl/N-ethyl adjacent to an activating group) is 1. The molecule has 9 nitrogen and oxygen atoms in total. The van der Waals surface area contributed by atoms with Crippen LogP contribution in [0.2, 0.25) is 10.0 Å². The number of nitrogens with one attached hydrogen (secondary N) is 1. The Morgan fingerprint density at radius 3 is 2.47 bits per heavy atom. The highest BCUT2D eigenvalue weighted by Crippen LogP contribution is 2.37. The SMILES string of the molecule is CCOC(=O)C1=C(CN2CCN(S(=O)(=O)c3ccccc3)C(C)C2)N(C)C(=O)NC1c1cccc(Cl)c1Cl. The van der Waals surface area contributed by atoms with Gasteiger partial charge in [-0.3, -0.25) is 9.80 Å². The molecule has 38 heavy (non-hydrogen) atoms. The second kappa shape index (κ2) is 11.6. The van der Waals surface area contributed by atoms with Crippen LogP contribution in [0.25, 0.3) is 0 Å². The minimum atomic E-state index is -3.65. The van der Waals surface area contributed by atoms with Crippen LogP contribution in [0.3, 0.4) is 0 Å². The first-order valence-corrected chi connectivity index (χ1v) is 14.4. The number of ether oxygens (including phenoxy) is 1. The summed E-state index contributed by atoms with van der Waals surface area (Å²) >= 11 is 12.7. The lowest BCUT2D eigenvalue weighted by Crippen LogP contribution is -2.56.